The Hall–Kier alpha value is -1.07. The maximum atomic E-state index is 13.4. The second-order valence-corrected chi connectivity index (χ2v) is 6.62. The van der Waals surface area contributed by atoms with Crippen molar-refractivity contribution < 1.29 is 22.6 Å². The summed E-state index contributed by atoms with van der Waals surface area (Å²) in [5.41, 5.74) is 0.582. The Morgan fingerprint density at radius 3 is 2.09 bits per heavy atom. The summed E-state index contributed by atoms with van der Waals surface area (Å²) in [5, 5.41) is 0. The van der Waals surface area contributed by atoms with Crippen LogP contribution >= 0.6 is 0 Å². The van der Waals surface area contributed by atoms with Crippen molar-refractivity contribution in [3.05, 3.63) is 35.1 Å². The Morgan fingerprint density at radius 1 is 0.870 bits per heavy atom. The third-order valence-electron chi connectivity index (χ3n) is 5.03. The topological polar surface area (TPSA) is 18.5 Å². The van der Waals surface area contributed by atoms with E-state index in [1.807, 2.05) is 0 Å². The van der Waals surface area contributed by atoms with E-state index >= 15 is 0 Å². The van der Waals surface area contributed by atoms with Crippen LogP contribution in [0, 0.1) is 23.4 Å². The Kier molecular flexibility index (Phi) is 5.59. The van der Waals surface area contributed by atoms with E-state index in [0.29, 0.717) is 11.5 Å². The average Bonchev–Trinajstić information content (AvgIpc) is 2.59. The fourth-order valence-electron chi connectivity index (χ4n) is 3.67. The molecule has 0 N–H and O–H groups in total. The zero-order valence-corrected chi connectivity index (χ0v) is 13.2. The van der Waals surface area contributed by atoms with Crippen molar-refractivity contribution in [2.45, 2.75) is 57.2 Å². The molecule has 1 aliphatic carbocycles. The number of rotatable bonds is 4. The monoisotopic (exact) mass is 328 g/mol. The van der Waals surface area contributed by atoms with Crippen molar-refractivity contribution in [2.75, 3.05) is 13.2 Å². The molecule has 2 nitrogen and oxygen atoms in total. The normalized spacial score (nSPS) is 26.4. The molecule has 0 aromatic heterocycles. The van der Waals surface area contributed by atoms with Crippen molar-refractivity contribution in [2.24, 2.45) is 5.92 Å². The fourth-order valence-corrected chi connectivity index (χ4v) is 3.67. The summed E-state index contributed by atoms with van der Waals surface area (Å²) in [6.07, 6.45) is 6.70. The lowest BCUT2D eigenvalue weighted by Crippen LogP contribution is -2.26. The van der Waals surface area contributed by atoms with Crippen LogP contribution in [0.3, 0.4) is 0 Å². The molecule has 0 amide bonds. The first-order valence-corrected chi connectivity index (χ1v) is 8.51. The van der Waals surface area contributed by atoms with Gasteiger partial charge in [-0.15, -0.1) is 0 Å². The molecule has 128 valence electrons. The van der Waals surface area contributed by atoms with Crippen LogP contribution in [0.25, 0.3) is 0 Å². The van der Waals surface area contributed by atoms with Crippen molar-refractivity contribution in [1.29, 1.82) is 0 Å². The first-order valence-electron chi connectivity index (χ1n) is 8.51. The molecule has 0 unspecified atom stereocenters. The summed E-state index contributed by atoms with van der Waals surface area (Å²) in [7, 11) is 0. The maximum absolute atomic E-state index is 13.4. The van der Waals surface area contributed by atoms with Gasteiger partial charge in [-0.05, 0) is 74.5 Å². The van der Waals surface area contributed by atoms with E-state index in [4.69, 9.17) is 9.47 Å². The average molecular weight is 328 g/mol. The lowest BCUT2D eigenvalue weighted by Gasteiger charge is -2.30. The highest BCUT2D eigenvalue weighted by molar-refractivity contribution is 5.23. The molecule has 0 spiro atoms. The van der Waals surface area contributed by atoms with Gasteiger partial charge < -0.3 is 9.47 Å². The van der Waals surface area contributed by atoms with Crippen molar-refractivity contribution >= 4 is 0 Å². The molecule has 0 bridgehead atoms. The highest BCUT2D eigenvalue weighted by atomic mass is 19.2. The first kappa shape index (κ1) is 16.8. The number of benzene rings is 1. The van der Waals surface area contributed by atoms with Crippen LogP contribution < -0.4 is 0 Å². The van der Waals surface area contributed by atoms with Gasteiger partial charge in [0.25, 0.3) is 0 Å². The van der Waals surface area contributed by atoms with Crippen molar-refractivity contribution in [1.82, 2.24) is 0 Å². The van der Waals surface area contributed by atoms with Gasteiger partial charge in [0.1, 0.15) is 0 Å². The molecular formula is C18H23F3O2. The minimum Gasteiger partial charge on any atom is -0.353 e. The van der Waals surface area contributed by atoms with E-state index in [1.54, 1.807) is 0 Å². The zero-order chi connectivity index (χ0) is 16.2. The summed E-state index contributed by atoms with van der Waals surface area (Å²) in [4.78, 5) is 0. The van der Waals surface area contributed by atoms with Crippen LogP contribution in [0.2, 0.25) is 0 Å². The fraction of sp³-hybridized carbons (Fsp3) is 0.667. The van der Waals surface area contributed by atoms with E-state index in [9.17, 15) is 13.2 Å². The van der Waals surface area contributed by atoms with Gasteiger partial charge in [-0.2, -0.15) is 0 Å². The SMILES string of the molecule is Fc1cc(C2CCC(CCC3OCCCO3)CC2)cc(F)c1F. The number of hydrogen-bond acceptors (Lipinski definition) is 2. The van der Waals surface area contributed by atoms with Gasteiger partial charge in [0.2, 0.25) is 0 Å². The number of halogens is 3. The Labute approximate surface area is 135 Å². The van der Waals surface area contributed by atoms with Crippen LogP contribution in [0.1, 0.15) is 56.4 Å². The molecule has 5 heteroatoms. The molecule has 1 saturated carbocycles. The molecule has 1 aliphatic heterocycles. The number of hydrogen-bond donors (Lipinski definition) is 0. The van der Waals surface area contributed by atoms with Gasteiger partial charge in [-0.3, -0.25) is 0 Å². The summed E-state index contributed by atoms with van der Waals surface area (Å²) in [6.45, 7) is 1.55. The van der Waals surface area contributed by atoms with Crippen LogP contribution in [0.4, 0.5) is 13.2 Å². The lowest BCUT2D eigenvalue weighted by atomic mass is 9.77. The van der Waals surface area contributed by atoms with E-state index in [1.165, 1.54) is 0 Å². The van der Waals surface area contributed by atoms with Crippen LogP contribution in [-0.2, 0) is 9.47 Å². The Balaban J connectivity index is 1.48. The summed E-state index contributed by atoms with van der Waals surface area (Å²) < 4.78 is 50.9. The van der Waals surface area contributed by atoms with Crippen LogP contribution in [0.5, 0.6) is 0 Å². The van der Waals surface area contributed by atoms with Gasteiger partial charge in [-0.1, -0.05) is 0 Å². The maximum Gasteiger partial charge on any atom is 0.194 e. The van der Waals surface area contributed by atoms with E-state index in [-0.39, 0.29) is 12.2 Å². The van der Waals surface area contributed by atoms with Gasteiger partial charge in [0.15, 0.2) is 23.7 Å². The molecular weight excluding hydrogens is 305 g/mol. The molecule has 1 aromatic rings. The van der Waals surface area contributed by atoms with Gasteiger partial charge in [0.05, 0.1) is 13.2 Å². The zero-order valence-electron chi connectivity index (χ0n) is 13.2. The highest BCUT2D eigenvalue weighted by Gasteiger charge is 2.25. The second kappa shape index (κ2) is 7.67. The molecule has 1 heterocycles. The van der Waals surface area contributed by atoms with Gasteiger partial charge in [0, 0.05) is 0 Å². The van der Waals surface area contributed by atoms with Crippen LogP contribution in [-0.4, -0.2) is 19.5 Å². The second-order valence-electron chi connectivity index (χ2n) is 6.62. The highest BCUT2D eigenvalue weighted by Crippen LogP contribution is 2.38. The molecule has 0 atom stereocenters. The molecule has 23 heavy (non-hydrogen) atoms. The van der Waals surface area contributed by atoms with E-state index in [0.717, 1.165) is 70.3 Å². The third kappa shape index (κ3) is 4.27. The molecule has 3 rings (SSSR count). The largest absolute Gasteiger partial charge is 0.353 e. The molecule has 1 aromatic carbocycles. The third-order valence-corrected chi connectivity index (χ3v) is 5.03. The van der Waals surface area contributed by atoms with Crippen LogP contribution in [0.15, 0.2) is 12.1 Å². The molecule has 0 radical (unpaired) electrons. The van der Waals surface area contributed by atoms with Gasteiger partial charge in [-0.25, -0.2) is 13.2 Å². The predicted octanol–water partition coefficient (Wildman–Crippen LogP) is 4.92. The lowest BCUT2D eigenvalue weighted by molar-refractivity contribution is -0.182. The molecule has 2 fully saturated rings. The van der Waals surface area contributed by atoms with Crippen molar-refractivity contribution in [3.8, 4) is 0 Å². The number of ether oxygens (including phenoxy) is 2. The van der Waals surface area contributed by atoms with Crippen molar-refractivity contribution in [3.63, 3.8) is 0 Å². The quantitative estimate of drug-likeness (QED) is 0.730. The first-order chi connectivity index (χ1) is 11.1. The smallest absolute Gasteiger partial charge is 0.194 e. The molecule has 2 aliphatic rings. The summed E-state index contributed by atoms with van der Waals surface area (Å²) in [5.74, 6) is -2.83. The summed E-state index contributed by atoms with van der Waals surface area (Å²) in [6, 6.07) is 2.29. The Bertz CT molecular complexity index is 498. The Morgan fingerprint density at radius 2 is 1.48 bits per heavy atom. The van der Waals surface area contributed by atoms with E-state index < -0.39 is 17.5 Å². The summed E-state index contributed by atoms with van der Waals surface area (Å²) >= 11 is 0. The minimum atomic E-state index is -1.38. The standard InChI is InChI=1S/C18H23F3O2/c19-15-10-14(11-16(20)18(15)21)13-5-2-12(3-6-13)4-7-17-22-8-1-9-23-17/h10-13,17H,1-9H2. The minimum absolute atomic E-state index is 0.0678. The van der Waals surface area contributed by atoms with E-state index in [2.05, 4.69) is 0 Å². The molecule has 1 saturated heterocycles. The van der Waals surface area contributed by atoms with Gasteiger partial charge >= 0.3 is 0 Å². The predicted molar refractivity (Wildman–Crippen MR) is 80.6 cm³/mol.